The molecule has 0 radical (unpaired) electrons. The van der Waals surface area contributed by atoms with E-state index in [1.54, 1.807) is 12.5 Å². The van der Waals surface area contributed by atoms with Crippen LogP contribution in [0, 0.1) is 0 Å². The summed E-state index contributed by atoms with van der Waals surface area (Å²) in [7, 11) is 0. The van der Waals surface area contributed by atoms with E-state index >= 15 is 0 Å². The Kier molecular flexibility index (Phi) is 4.97. The van der Waals surface area contributed by atoms with E-state index in [0.717, 1.165) is 43.7 Å². The molecule has 1 fully saturated rings. The SMILES string of the molecule is O=C(O)Cn1ccc([C@H]2CCCN(Cc3cnc(-c4ccco4)nc3)C2)n1. The van der Waals surface area contributed by atoms with Crippen LogP contribution in [-0.2, 0) is 17.9 Å². The lowest BCUT2D eigenvalue weighted by Gasteiger charge is -2.31. The van der Waals surface area contributed by atoms with Crippen molar-refractivity contribution in [3.8, 4) is 11.6 Å². The number of aromatic nitrogens is 4. The van der Waals surface area contributed by atoms with Crippen molar-refractivity contribution in [1.82, 2.24) is 24.6 Å². The van der Waals surface area contributed by atoms with Crippen LogP contribution in [0.3, 0.4) is 0 Å². The van der Waals surface area contributed by atoms with Crippen LogP contribution in [0.4, 0.5) is 0 Å². The van der Waals surface area contributed by atoms with Gasteiger partial charge in [0.15, 0.2) is 11.6 Å². The third-order valence-electron chi connectivity index (χ3n) is 4.74. The van der Waals surface area contributed by atoms with Gasteiger partial charge in [0.1, 0.15) is 6.54 Å². The van der Waals surface area contributed by atoms with Gasteiger partial charge in [0.25, 0.3) is 0 Å². The fourth-order valence-corrected chi connectivity index (χ4v) is 3.49. The van der Waals surface area contributed by atoms with Crippen LogP contribution < -0.4 is 0 Å². The van der Waals surface area contributed by atoms with Gasteiger partial charge in [-0.2, -0.15) is 5.10 Å². The molecule has 3 aromatic rings. The summed E-state index contributed by atoms with van der Waals surface area (Å²) in [6, 6.07) is 5.59. The maximum absolute atomic E-state index is 10.8. The van der Waals surface area contributed by atoms with E-state index in [0.29, 0.717) is 17.5 Å². The highest BCUT2D eigenvalue weighted by atomic mass is 16.4. The molecule has 8 heteroatoms. The van der Waals surface area contributed by atoms with Crippen LogP contribution in [0.1, 0.15) is 30.0 Å². The number of aliphatic carboxylic acids is 1. The van der Waals surface area contributed by atoms with Gasteiger partial charge in [-0.25, -0.2) is 9.97 Å². The van der Waals surface area contributed by atoms with Gasteiger partial charge in [0.05, 0.1) is 12.0 Å². The predicted molar refractivity (Wildman–Crippen MR) is 96.8 cm³/mol. The molecule has 1 aliphatic rings. The molecule has 1 N–H and O–H groups in total. The Morgan fingerprint density at radius 3 is 2.89 bits per heavy atom. The monoisotopic (exact) mass is 367 g/mol. The Hall–Kier alpha value is -3.00. The Balaban J connectivity index is 1.38. The average Bonchev–Trinajstić information content (AvgIpc) is 3.34. The zero-order valence-corrected chi connectivity index (χ0v) is 14.9. The van der Waals surface area contributed by atoms with E-state index in [2.05, 4.69) is 20.0 Å². The third kappa shape index (κ3) is 4.22. The summed E-state index contributed by atoms with van der Waals surface area (Å²) in [6.45, 7) is 2.59. The first-order valence-corrected chi connectivity index (χ1v) is 8.99. The van der Waals surface area contributed by atoms with Crippen molar-refractivity contribution < 1.29 is 14.3 Å². The molecule has 0 spiro atoms. The molecule has 0 saturated carbocycles. The van der Waals surface area contributed by atoms with Crippen LogP contribution in [0.15, 0.2) is 47.5 Å². The molecule has 4 rings (SSSR count). The number of hydrogen-bond acceptors (Lipinski definition) is 6. The Bertz CT molecular complexity index is 888. The Morgan fingerprint density at radius 2 is 2.15 bits per heavy atom. The van der Waals surface area contributed by atoms with E-state index in [9.17, 15) is 4.79 Å². The molecular formula is C19H21N5O3. The molecule has 0 bridgehead atoms. The maximum Gasteiger partial charge on any atom is 0.325 e. The van der Waals surface area contributed by atoms with Crippen molar-refractivity contribution in [1.29, 1.82) is 0 Å². The Morgan fingerprint density at radius 1 is 1.30 bits per heavy atom. The zero-order valence-electron chi connectivity index (χ0n) is 14.9. The van der Waals surface area contributed by atoms with E-state index in [-0.39, 0.29) is 6.54 Å². The van der Waals surface area contributed by atoms with Gasteiger partial charge < -0.3 is 9.52 Å². The van der Waals surface area contributed by atoms with Gasteiger partial charge >= 0.3 is 5.97 Å². The van der Waals surface area contributed by atoms with Crippen molar-refractivity contribution in [2.24, 2.45) is 0 Å². The molecule has 0 aliphatic carbocycles. The molecule has 27 heavy (non-hydrogen) atoms. The molecule has 1 saturated heterocycles. The summed E-state index contributed by atoms with van der Waals surface area (Å²) in [5, 5.41) is 13.3. The predicted octanol–water partition coefficient (Wildman–Crippen LogP) is 2.40. The summed E-state index contributed by atoms with van der Waals surface area (Å²) < 4.78 is 6.80. The topological polar surface area (TPSA) is 97.3 Å². The summed E-state index contributed by atoms with van der Waals surface area (Å²) in [4.78, 5) is 22.0. The minimum atomic E-state index is -0.882. The van der Waals surface area contributed by atoms with Gasteiger partial charge in [-0.1, -0.05) is 0 Å². The second kappa shape index (κ2) is 7.71. The highest BCUT2D eigenvalue weighted by Crippen LogP contribution is 2.26. The standard InChI is InChI=1S/C19H21N5O3/c25-18(26)13-24-7-5-16(22-24)15-3-1-6-23(12-15)11-14-9-20-19(21-10-14)17-4-2-8-27-17/h2,4-5,7-10,15H,1,3,6,11-13H2,(H,25,26)/t15-/m0/s1. The van der Waals surface area contributed by atoms with Gasteiger partial charge in [-0.3, -0.25) is 14.4 Å². The molecule has 8 nitrogen and oxygen atoms in total. The summed E-state index contributed by atoms with van der Waals surface area (Å²) >= 11 is 0. The summed E-state index contributed by atoms with van der Waals surface area (Å²) in [6.07, 6.45) is 9.18. The number of furan rings is 1. The van der Waals surface area contributed by atoms with Gasteiger partial charge in [-0.15, -0.1) is 0 Å². The van der Waals surface area contributed by atoms with Crippen LogP contribution >= 0.6 is 0 Å². The number of hydrogen-bond donors (Lipinski definition) is 1. The first-order chi connectivity index (χ1) is 13.2. The smallest absolute Gasteiger partial charge is 0.325 e. The third-order valence-corrected chi connectivity index (χ3v) is 4.74. The maximum atomic E-state index is 10.8. The largest absolute Gasteiger partial charge is 0.480 e. The zero-order chi connectivity index (χ0) is 18.6. The Labute approximate surface area is 156 Å². The molecule has 1 aliphatic heterocycles. The number of carbonyl (C=O) groups is 1. The molecule has 0 aromatic carbocycles. The van der Waals surface area contributed by atoms with Crippen molar-refractivity contribution in [2.45, 2.75) is 31.8 Å². The molecule has 1 atom stereocenters. The lowest BCUT2D eigenvalue weighted by Crippen LogP contribution is -2.34. The van der Waals surface area contributed by atoms with E-state index in [4.69, 9.17) is 9.52 Å². The van der Waals surface area contributed by atoms with Gasteiger partial charge in [0.2, 0.25) is 0 Å². The number of likely N-dealkylation sites (tertiary alicyclic amines) is 1. The minimum Gasteiger partial charge on any atom is -0.480 e. The highest BCUT2D eigenvalue weighted by Gasteiger charge is 2.23. The van der Waals surface area contributed by atoms with E-state index in [1.807, 2.05) is 30.6 Å². The number of carboxylic acid groups (broad SMARTS) is 1. The van der Waals surface area contributed by atoms with Gasteiger partial charge in [0, 0.05) is 43.2 Å². The van der Waals surface area contributed by atoms with Crippen molar-refractivity contribution in [3.63, 3.8) is 0 Å². The number of rotatable bonds is 6. The molecule has 3 aromatic heterocycles. The van der Waals surface area contributed by atoms with Crippen molar-refractivity contribution >= 4 is 5.97 Å². The van der Waals surface area contributed by atoms with Crippen LogP contribution in [0.25, 0.3) is 11.6 Å². The lowest BCUT2D eigenvalue weighted by molar-refractivity contribution is -0.137. The lowest BCUT2D eigenvalue weighted by atomic mass is 9.95. The van der Waals surface area contributed by atoms with Crippen molar-refractivity contribution in [3.05, 3.63) is 54.3 Å². The highest BCUT2D eigenvalue weighted by molar-refractivity contribution is 5.66. The normalized spacial score (nSPS) is 17.9. The number of carboxylic acids is 1. The van der Waals surface area contributed by atoms with Gasteiger partial charge in [-0.05, 0) is 37.6 Å². The number of nitrogens with zero attached hydrogens (tertiary/aromatic N) is 5. The van der Waals surface area contributed by atoms with E-state index < -0.39 is 5.97 Å². The van der Waals surface area contributed by atoms with Crippen LogP contribution in [-0.4, -0.2) is 48.8 Å². The second-order valence-electron chi connectivity index (χ2n) is 6.80. The molecule has 4 heterocycles. The molecule has 0 amide bonds. The average molecular weight is 367 g/mol. The molecule has 140 valence electrons. The summed E-state index contributed by atoms with van der Waals surface area (Å²) in [5.41, 5.74) is 2.02. The molecular weight excluding hydrogens is 346 g/mol. The van der Waals surface area contributed by atoms with E-state index in [1.165, 1.54) is 4.68 Å². The van der Waals surface area contributed by atoms with Crippen molar-refractivity contribution in [2.75, 3.05) is 13.1 Å². The number of piperidine rings is 1. The fraction of sp³-hybridized carbons (Fsp3) is 0.368. The second-order valence-corrected chi connectivity index (χ2v) is 6.80. The fourth-order valence-electron chi connectivity index (χ4n) is 3.49. The first-order valence-electron chi connectivity index (χ1n) is 8.99. The quantitative estimate of drug-likeness (QED) is 0.714. The molecule has 0 unspecified atom stereocenters. The van der Waals surface area contributed by atoms with Crippen LogP contribution in [0.5, 0.6) is 0 Å². The minimum absolute atomic E-state index is 0.101. The first kappa shape index (κ1) is 17.4. The summed E-state index contributed by atoms with van der Waals surface area (Å²) in [5.74, 6) is 0.686. The van der Waals surface area contributed by atoms with Crippen LogP contribution in [0.2, 0.25) is 0 Å².